The molecule has 0 unspecified atom stereocenters. The molecule has 0 spiro atoms. The van der Waals surface area contributed by atoms with Gasteiger partial charge in [-0.3, -0.25) is 4.79 Å². The van der Waals surface area contributed by atoms with Crippen LogP contribution in [-0.4, -0.2) is 57.1 Å². The van der Waals surface area contributed by atoms with Crippen LogP contribution >= 0.6 is 0 Å². The van der Waals surface area contributed by atoms with E-state index >= 15 is 0 Å². The van der Waals surface area contributed by atoms with Crippen molar-refractivity contribution in [1.82, 2.24) is 9.62 Å². The molecule has 1 amide bonds. The van der Waals surface area contributed by atoms with Gasteiger partial charge in [0.15, 0.2) is 6.61 Å². The smallest absolute Gasteiger partial charge is 0.259 e. The number of sulfonamides is 1. The molecule has 1 heterocycles. The molecule has 9 heteroatoms. The molecule has 0 aromatic heterocycles. The summed E-state index contributed by atoms with van der Waals surface area (Å²) in [5.74, 6) is -0.108. The fourth-order valence-corrected chi connectivity index (χ4v) is 3.83. The maximum absolute atomic E-state index is 12.6. The molecule has 27 heavy (non-hydrogen) atoms. The summed E-state index contributed by atoms with van der Waals surface area (Å²) in [7, 11) is -3.56. The van der Waals surface area contributed by atoms with Gasteiger partial charge in [-0.25, -0.2) is 8.42 Å². The highest BCUT2D eigenvalue weighted by atomic mass is 32.2. The number of nitrogens with one attached hydrogen (secondary N) is 1. The van der Waals surface area contributed by atoms with Gasteiger partial charge >= 0.3 is 0 Å². The van der Waals surface area contributed by atoms with Crippen molar-refractivity contribution in [3.05, 3.63) is 24.3 Å². The van der Waals surface area contributed by atoms with Gasteiger partial charge in [-0.15, -0.1) is 0 Å². The molecule has 1 N–H and O–H groups in total. The van der Waals surface area contributed by atoms with Crippen LogP contribution in [0.25, 0.3) is 0 Å². The zero-order valence-corrected chi connectivity index (χ0v) is 16.6. The van der Waals surface area contributed by atoms with E-state index in [2.05, 4.69) is 11.4 Å². The maximum atomic E-state index is 12.6. The Hall–Kier alpha value is -2.15. The Morgan fingerprint density at radius 3 is 2.44 bits per heavy atom. The number of benzene rings is 1. The molecule has 1 aromatic carbocycles. The highest BCUT2D eigenvalue weighted by Gasteiger charge is 2.30. The predicted molar refractivity (Wildman–Crippen MR) is 98.5 cm³/mol. The van der Waals surface area contributed by atoms with Gasteiger partial charge in [0.1, 0.15) is 11.3 Å². The number of nitriles is 1. The topological polar surface area (TPSA) is 109 Å². The molecule has 2 rings (SSSR count). The van der Waals surface area contributed by atoms with Gasteiger partial charge in [-0.2, -0.15) is 9.57 Å². The highest BCUT2D eigenvalue weighted by Crippen LogP contribution is 2.20. The summed E-state index contributed by atoms with van der Waals surface area (Å²) < 4.78 is 37.1. The first-order chi connectivity index (χ1) is 12.7. The van der Waals surface area contributed by atoms with Crippen molar-refractivity contribution in [3.63, 3.8) is 0 Å². The number of rotatable bonds is 7. The van der Waals surface area contributed by atoms with Crippen molar-refractivity contribution < 1.29 is 22.7 Å². The monoisotopic (exact) mass is 395 g/mol. The third kappa shape index (κ3) is 5.19. The molecular weight excluding hydrogens is 370 g/mol. The minimum absolute atomic E-state index is 0.0591. The van der Waals surface area contributed by atoms with Gasteiger partial charge in [-0.1, -0.05) is 13.8 Å². The number of amides is 1. The first-order valence-electron chi connectivity index (χ1n) is 8.72. The summed E-state index contributed by atoms with van der Waals surface area (Å²) in [6.07, 6.45) is 0. The molecule has 1 saturated heterocycles. The minimum atomic E-state index is -3.56. The molecule has 1 atom stereocenters. The molecule has 1 fully saturated rings. The van der Waals surface area contributed by atoms with E-state index < -0.39 is 21.5 Å². The number of carbonyl (C=O) groups excluding carboxylic acids is 1. The zero-order chi connectivity index (χ0) is 20.1. The van der Waals surface area contributed by atoms with Crippen molar-refractivity contribution >= 4 is 15.9 Å². The van der Waals surface area contributed by atoms with Gasteiger partial charge < -0.3 is 14.8 Å². The molecule has 0 radical (unpaired) electrons. The number of nitrogens with zero attached hydrogens (tertiary/aromatic N) is 2. The summed E-state index contributed by atoms with van der Waals surface area (Å²) in [5.41, 5.74) is -0.976. The van der Waals surface area contributed by atoms with Gasteiger partial charge in [0.25, 0.3) is 5.91 Å². The molecule has 1 aliphatic rings. The van der Waals surface area contributed by atoms with E-state index in [0.717, 1.165) is 0 Å². The normalized spacial score (nSPS) is 17.7. The van der Waals surface area contributed by atoms with E-state index in [1.54, 1.807) is 6.92 Å². The lowest BCUT2D eigenvalue weighted by atomic mass is 9.90. The second-order valence-electron chi connectivity index (χ2n) is 6.79. The fraction of sp³-hybridized carbons (Fsp3) is 0.556. The quantitative estimate of drug-likeness (QED) is 0.742. The van der Waals surface area contributed by atoms with Crippen molar-refractivity contribution in [2.24, 2.45) is 5.92 Å². The van der Waals surface area contributed by atoms with E-state index in [9.17, 15) is 18.5 Å². The lowest BCUT2D eigenvalue weighted by Gasteiger charge is -2.27. The van der Waals surface area contributed by atoms with Crippen LogP contribution in [0.2, 0.25) is 0 Å². The summed E-state index contributed by atoms with van der Waals surface area (Å²) >= 11 is 0. The number of ether oxygens (including phenoxy) is 2. The van der Waals surface area contributed by atoms with E-state index in [4.69, 9.17) is 9.47 Å². The van der Waals surface area contributed by atoms with Gasteiger partial charge in [0.05, 0.1) is 24.2 Å². The minimum Gasteiger partial charge on any atom is -0.484 e. The Morgan fingerprint density at radius 1 is 1.33 bits per heavy atom. The third-order valence-corrected chi connectivity index (χ3v) is 6.50. The van der Waals surface area contributed by atoms with Crippen LogP contribution in [0.5, 0.6) is 5.75 Å². The predicted octanol–water partition coefficient (Wildman–Crippen LogP) is 1.14. The molecule has 0 aliphatic carbocycles. The number of carbonyl (C=O) groups is 1. The number of morpholine rings is 1. The molecule has 0 saturated carbocycles. The first-order valence-corrected chi connectivity index (χ1v) is 10.2. The van der Waals surface area contributed by atoms with E-state index in [-0.39, 0.29) is 17.4 Å². The second-order valence-corrected chi connectivity index (χ2v) is 8.73. The van der Waals surface area contributed by atoms with E-state index in [0.29, 0.717) is 32.1 Å². The third-order valence-electron chi connectivity index (χ3n) is 4.59. The Kier molecular flexibility index (Phi) is 6.81. The van der Waals surface area contributed by atoms with Crippen molar-refractivity contribution in [1.29, 1.82) is 5.26 Å². The number of hydrogen-bond acceptors (Lipinski definition) is 6. The largest absolute Gasteiger partial charge is 0.484 e. The Bertz CT molecular complexity index is 795. The van der Waals surface area contributed by atoms with Gasteiger partial charge in [-0.05, 0) is 37.1 Å². The Labute approximate surface area is 160 Å². The highest BCUT2D eigenvalue weighted by molar-refractivity contribution is 7.89. The molecule has 148 valence electrons. The van der Waals surface area contributed by atoms with E-state index in [1.807, 2.05) is 13.8 Å². The maximum Gasteiger partial charge on any atom is 0.259 e. The standard InChI is InChI=1S/C18H25N3O5S/c1-14(2)18(3,13-19)20-17(22)12-26-15-4-6-16(7-5-15)27(23,24)21-8-10-25-11-9-21/h4-7,14H,8-12H2,1-3H3,(H,20,22)/t18-/m1/s1. The molecule has 0 bridgehead atoms. The Morgan fingerprint density at radius 2 is 1.93 bits per heavy atom. The van der Waals surface area contributed by atoms with Crippen LogP contribution in [-0.2, 0) is 19.6 Å². The molecule has 8 nitrogen and oxygen atoms in total. The summed E-state index contributed by atoms with van der Waals surface area (Å²) in [6, 6.07) is 8.01. The Balaban J connectivity index is 1.96. The van der Waals surface area contributed by atoms with Crippen LogP contribution in [0, 0.1) is 17.2 Å². The average molecular weight is 395 g/mol. The molecule has 1 aromatic rings. The molecular formula is C18H25N3O5S. The summed E-state index contributed by atoms with van der Waals surface area (Å²) in [4.78, 5) is 12.2. The lowest BCUT2D eigenvalue weighted by molar-refractivity contribution is -0.124. The van der Waals surface area contributed by atoms with Crippen LogP contribution in [0.3, 0.4) is 0 Å². The van der Waals surface area contributed by atoms with Gasteiger partial charge in [0, 0.05) is 13.1 Å². The lowest BCUT2D eigenvalue weighted by Crippen LogP contribution is -2.50. The van der Waals surface area contributed by atoms with Gasteiger partial charge in [0.2, 0.25) is 10.0 Å². The zero-order valence-electron chi connectivity index (χ0n) is 15.8. The average Bonchev–Trinajstić information content (AvgIpc) is 2.67. The molecule has 1 aliphatic heterocycles. The summed E-state index contributed by atoms with van der Waals surface area (Å²) in [5, 5.41) is 11.9. The second kappa shape index (κ2) is 8.69. The van der Waals surface area contributed by atoms with Crippen molar-refractivity contribution in [2.75, 3.05) is 32.9 Å². The van der Waals surface area contributed by atoms with Crippen LogP contribution in [0.4, 0.5) is 0 Å². The van der Waals surface area contributed by atoms with E-state index in [1.165, 1.54) is 28.6 Å². The first kappa shape index (κ1) is 21.2. The SMILES string of the molecule is CC(C)[C@@](C)(C#N)NC(=O)COc1ccc(S(=O)(=O)N2CCOCC2)cc1. The van der Waals surface area contributed by atoms with Crippen LogP contribution in [0.15, 0.2) is 29.2 Å². The fourth-order valence-electron chi connectivity index (χ4n) is 2.42. The van der Waals surface area contributed by atoms with Crippen LogP contribution < -0.4 is 10.1 Å². The summed E-state index contributed by atoms with van der Waals surface area (Å²) in [6.45, 7) is 6.50. The van der Waals surface area contributed by atoms with Crippen molar-refractivity contribution in [2.45, 2.75) is 31.2 Å². The van der Waals surface area contributed by atoms with Crippen LogP contribution in [0.1, 0.15) is 20.8 Å². The number of hydrogen-bond donors (Lipinski definition) is 1. The van der Waals surface area contributed by atoms with Crippen molar-refractivity contribution in [3.8, 4) is 11.8 Å².